The first kappa shape index (κ1) is 24.1. The van der Waals surface area contributed by atoms with Gasteiger partial charge in [-0.2, -0.15) is 0 Å². The van der Waals surface area contributed by atoms with E-state index in [1.807, 2.05) is 6.20 Å². The molecule has 0 saturated heterocycles. The monoisotopic (exact) mass is 549 g/mol. The molecule has 5 aromatic carbocycles. The van der Waals surface area contributed by atoms with Gasteiger partial charge >= 0.3 is 0 Å². The third-order valence-corrected chi connectivity index (χ3v) is 9.03. The van der Waals surface area contributed by atoms with Crippen LogP contribution in [0.4, 0.5) is 0 Å². The van der Waals surface area contributed by atoms with Gasteiger partial charge in [-0.15, -0.1) is 0 Å². The van der Waals surface area contributed by atoms with Gasteiger partial charge in [-0.1, -0.05) is 115 Å². The predicted octanol–water partition coefficient (Wildman–Crippen LogP) is 9.88. The van der Waals surface area contributed by atoms with Gasteiger partial charge in [0.2, 0.25) is 0 Å². The minimum atomic E-state index is 0.219. The molecule has 0 saturated carbocycles. The molecule has 2 atom stereocenters. The molecule has 3 nitrogen and oxygen atoms in total. The summed E-state index contributed by atoms with van der Waals surface area (Å²) in [6.07, 6.45) is 10.8. The van der Waals surface area contributed by atoms with Crippen LogP contribution < -0.4 is 0 Å². The van der Waals surface area contributed by atoms with Crippen molar-refractivity contribution < 1.29 is 0 Å². The van der Waals surface area contributed by atoms with Crippen molar-refractivity contribution in [2.45, 2.75) is 11.8 Å². The van der Waals surface area contributed by atoms with E-state index in [0.29, 0.717) is 5.92 Å². The van der Waals surface area contributed by atoms with Crippen molar-refractivity contribution in [2.75, 3.05) is 0 Å². The van der Waals surface area contributed by atoms with E-state index in [1.165, 1.54) is 44.1 Å². The second-order valence-electron chi connectivity index (χ2n) is 11.4. The van der Waals surface area contributed by atoms with E-state index in [9.17, 15) is 0 Å². The lowest BCUT2D eigenvalue weighted by molar-refractivity contribution is 0.692. The molecule has 2 heterocycles. The fourth-order valence-corrected chi connectivity index (χ4v) is 6.99. The Balaban J connectivity index is 1.14. The van der Waals surface area contributed by atoms with E-state index >= 15 is 0 Å². The first-order valence-electron chi connectivity index (χ1n) is 14.8. The summed E-state index contributed by atoms with van der Waals surface area (Å²) in [5, 5.41) is 2.51. The molecule has 7 aromatic rings. The van der Waals surface area contributed by atoms with Crippen molar-refractivity contribution >= 4 is 21.8 Å². The summed E-state index contributed by atoms with van der Waals surface area (Å²) in [5.74, 6) is 0.527. The zero-order valence-corrected chi connectivity index (χ0v) is 23.4. The van der Waals surface area contributed by atoms with Crippen LogP contribution in [0.2, 0.25) is 0 Å². The van der Waals surface area contributed by atoms with Crippen molar-refractivity contribution in [3.8, 4) is 39.3 Å². The maximum Gasteiger partial charge on any atom is 0.0934 e. The second kappa shape index (κ2) is 9.50. The number of fused-ring (bicyclic) bond motifs is 9. The normalized spacial score (nSPS) is 16.7. The standard InChI is InChI=1S/C40H27N3/c1-2-10-26(11-3-1)28-20-23-38-35(24-28)32-14-8-9-17-37(32)43(38)29-21-18-27(19-22-29)36-25-41-39-33-15-6-4-12-30(33)31-13-5-7-16-34(31)40(39)42-36/h1-25,30,33H. The first-order chi connectivity index (χ1) is 21.3. The highest BCUT2D eigenvalue weighted by Crippen LogP contribution is 2.48. The number of hydrogen-bond donors (Lipinski definition) is 0. The second-order valence-corrected chi connectivity index (χ2v) is 11.4. The zero-order valence-electron chi connectivity index (χ0n) is 23.4. The number of allylic oxidation sites excluding steroid dienone is 4. The number of para-hydroxylation sites is 1. The lowest BCUT2D eigenvalue weighted by Gasteiger charge is -2.32. The van der Waals surface area contributed by atoms with E-state index in [0.717, 1.165) is 28.3 Å². The Bertz CT molecular complexity index is 2240. The van der Waals surface area contributed by atoms with Gasteiger partial charge in [-0.05, 0) is 47.0 Å². The summed E-state index contributed by atoms with van der Waals surface area (Å²) in [5.41, 5.74) is 12.5. The topological polar surface area (TPSA) is 30.7 Å². The Hall–Kier alpha value is -5.54. The van der Waals surface area contributed by atoms with E-state index in [1.54, 1.807) is 0 Å². The zero-order chi connectivity index (χ0) is 28.3. The maximum absolute atomic E-state index is 5.22. The molecule has 0 radical (unpaired) electrons. The van der Waals surface area contributed by atoms with Crippen LogP contribution in [0.5, 0.6) is 0 Å². The molecule has 202 valence electrons. The molecule has 0 fully saturated rings. The van der Waals surface area contributed by atoms with Crippen LogP contribution in [0.25, 0.3) is 61.1 Å². The average molecular weight is 550 g/mol. The molecule has 3 heteroatoms. The first-order valence-corrected chi connectivity index (χ1v) is 14.8. The summed E-state index contributed by atoms with van der Waals surface area (Å²) in [7, 11) is 0. The van der Waals surface area contributed by atoms with E-state index in [4.69, 9.17) is 9.97 Å². The number of benzene rings is 5. The molecule has 0 spiro atoms. The fourth-order valence-electron chi connectivity index (χ4n) is 6.99. The molecule has 0 amide bonds. The van der Waals surface area contributed by atoms with Gasteiger partial charge < -0.3 is 4.57 Å². The number of nitrogens with zero attached hydrogens (tertiary/aromatic N) is 3. The van der Waals surface area contributed by atoms with Gasteiger partial charge in [-0.3, -0.25) is 4.98 Å². The Morgan fingerprint density at radius 3 is 2.16 bits per heavy atom. The molecule has 2 aliphatic rings. The SMILES string of the molecule is C1=CC2c3ccccc3-c3nc(-c4ccc(-n5c6ccccc6c6cc(-c7ccccc7)ccc65)cc4)cnc3C2C=C1. The Labute approximate surface area is 250 Å². The third-order valence-electron chi connectivity index (χ3n) is 9.03. The molecule has 43 heavy (non-hydrogen) atoms. The minimum Gasteiger partial charge on any atom is -0.309 e. The number of aromatic nitrogens is 3. The summed E-state index contributed by atoms with van der Waals surface area (Å²) in [6, 6.07) is 43.4. The largest absolute Gasteiger partial charge is 0.309 e. The molecule has 9 rings (SSSR count). The summed E-state index contributed by atoms with van der Waals surface area (Å²) in [6.45, 7) is 0. The van der Waals surface area contributed by atoms with Crippen LogP contribution in [0.3, 0.4) is 0 Å². The highest BCUT2D eigenvalue weighted by Gasteiger charge is 2.33. The van der Waals surface area contributed by atoms with Gasteiger partial charge in [0.05, 0.1) is 34.3 Å². The van der Waals surface area contributed by atoms with Crippen LogP contribution in [-0.4, -0.2) is 14.5 Å². The molecular weight excluding hydrogens is 522 g/mol. The molecule has 2 aliphatic carbocycles. The molecule has 2 aromatic heterocycles. The quantitative estimate of drug-likeness (QED) is 0.220. The highest BCUT2D eigenvalue weighted by molar-refractivity contribution is 6.10. The summed E-state index contributed by atoms with van der Waals surface area (Å²) >= 11 is 0. The van der Waals surface area contributed by atoms with Crippen molar-refractivity contribution in [1.82, 2.24) is 14.5 Å². The lowest BCUT2D eigenvalue weighted by Crippen LogP contribution is -2.19. The average Bonchev–Trinajstić information content (AvgIpc) is 3.42. The minimum absolute atomic E-state index is 0.219. The van der Waals surface area contributed by atoms with Gasteiger partial charge in [0.25, 0.3) is 0 Å². The Morgan fingerprint density at radius 1 is 0.558 bits per heavy atom. The van der Waals surface area contributed by atoms with Crippen LogP contribution in [0.1, 0.15) is 23.1 Å². The lowest BCUT2D eigenvalue weighted by atomic mass is 9.73. The summed E-state index contributed by atoms with van der Waals surface area (Å²) < 4.78 is 2.36. The number of hydrogen-bond acceptors (Lipinski definition) is 2. The maximum atomic E-state index is 5.22. The van der Waals surface area contributed by atoms with Crippen molar-refractivity contribution in [2.24, 2.45) is 0 Å². The van der Waals surface area contributed by atoms with Crippen LogP contribution in [-0.2, 0) is 0 Å². The third kappa shape index (κ3) is 3.75. The molecule has 0 bridgehead atoms. The van der Waals surface area contributed by atoms with Crippen LogP contribution >= 0.6 is 0 Å². The summed E-state index contributed by atoms with van der Waals surface area (Å²) in [4.78, 5) is 10.2. The molecular formula is C40H27N3. The molecule has 0 N–H and O–H groups in total. The van der Waals surface area contributed by atoms with Crippen LogP contribution in [0, 0.1) is 0 Å². The van der Waals surface area contributed by atoms with Crippen molar-refractivity contribution in [3.63, 3.8) is 0 Å². The van der Waals surface area contributed by atoms with Crippen LogP contribution in [0.15, 0.2) is 152 Å². The Kier molecular flexibility index (Phi) is 5.32. The fraction of sp³-hybridized carbons (Fsp3) is 0.0500. The van der Waals surface area contributed by atoms with E-state index < -0.39 is 0 Å². The predicted molar refractivity (Wildman–Crippen MR) is 176 cm³/mol. The number of rotatable bonds is 3. The smallest absolute Gasteiger partial charge is 0.0934 e. The van der Waals surface area contributed by atoms with Gasteiger partial charge in [0.15, 0.2) is 0 Å². The van der Waals surface area contributed by atoms with Crippen molar-refractivity contribution in [1.29, 1.82) is 0 Å². The van der Waals surface area contributed by atoms with E-state index in [-0.39, 0.29) is 5.92 Å². The van der Waals surface area contributed by atoms with Gasteiger partial charge in [0, 0.05) is 39.4 Å². The Morgan fingerprint density at radius 2 is 1.28 bits per heavy atom. The molecule has 2 unspecified atom stereocenters. The van der Waals surface area contributed by atoms with E-state index in [2.05, 4.69) is 150 Å². The van der Waals surface area contributed by atoms with Crippen molar-refractivity contribution in [3.05, 3.63) is 163 Å². The van der Waals surface area contributed by atoms with Gasteiger partial charge in [0.1, 0.15) is 0 Å². The highest BCUT2D eigenvalue weighted by atomic mass is 15.0. The van der Waals surface area contributed by atoms with Gasteiger partial charge in [-0.25, -0.2) is 4.98 Å². The molecule has 0 aliphatic heterocycles.